The van der Waals surface area contributed by atoms with Gasteiger partial charge in [0.25, 0.3) is 0 Å². The maximum Gasteiger partial charge on any atom is 0.0405 e. The second-order valence-corrected chi connectivity index (χ2v) is 4.14. The van der Waals surface area contributed by atoms with E-state index in [1.807, 2.05) is 0 Å². The summed E-state index contributed by atoms with van der Waals surface area (Å²) in [6, 6.07) is 6.75. The Hall–Kier alpha value is -0.980. The van der Waals surface area contributed by atoms with Crippen molar-refractivity contribution in [2.24, 2.45) is 0 Å². The predicted molar refractivity (Wildman–Crippen MR) is 55.3 cm³/mol. The van der Waals surface area contributed by atoms with Crippen LogP contribution in [0.25, 0.3) is 0 Å². The molecule has 2 aliphatic rings. The Morgan fingerprint density at radius 2 is 1.85 bits per heavy atom. The van der Waals surface area contributed by atoms with Crippen LogP contribution in [0, 0.1) is 0 Å². The van der Waals surface area contributed by atoms with E-state index in [1.54, 1.807) is 11.1 Å². The maximum atomic E-state index is 2.56. The number of rotatable bonds is 1. The van der Waals surface area contributed by atoms with Crippen LogP contribution in [-0.2, 0) is 6.42 Å². The number of anilines is 1. The molecule has 0 radical (unpaired) electrons. The molecule has 1 nitrogen and oxygen atoms in total. The molecule has 13 heavy (non-hydrogen) atoms. The van der Waals surface area contributed by atoms with Gasteiger partial charge in [0, 0.05) is 25.2 Å². The van der Waals surface area contributed by atoms with E-state index in [2.05, 4.69) is 23.1 Å². The summed E-state index contributed by atoms with van der Waals surface area (Å²) in [7, 11) is 0. The Labute approximate surface area is 79.4 Å². The molecule has 1 fully saturated rings. The zero-order valence-electron chi connectivity index (χ0n) is 7.92. The number of hydrogen-bond acceptors (Lipinski definition) is 1. The molecule has 0 spiro atoms. The minimum atomic E-state index is 1.25. The van der Waals surface area contributed by atoms with Crippen LogP contribution >= 0.6 is 0 Å². The normalized spacial score (nSPS) is 19.8. The van der Waals surface area contributed by atoms with Crippen molar-refractivity contribution in [3.8, 4) is 0 Å². The van der Waals surface area contributed by atoms with Crippen LogP contribution in [-0.4, -0.2) is 13.1 Å². The largest absolute Gasteiger partial charge is 0.371 e. The molecule has 0 bridgehead atoms. The van der Waals surface area contributed by atoms with Gasteiger partial charge in [0.2, 0.25) is 0 Å². The molecule has 0 saturated carbocycles. The van der Waals surface area contributed by atoms with E-state index in [0.29, 0.717) is 0 Å². The molecule has 1 aromatic rings. The van der Waals surface area contributed by atoms with Crippen LogP contribution in [0.2, 0.25) is 0 Å². The molecule has 1 aliphatic heterocycles. The highest BCUT2D eigenvalue weighted by atomic mass is 15.1. The van der Waals surface area contributed by atoms with Gasteiger partial charge in [-0.3, -0.25) is 0 Å². The number of fused-ring (bicyclic) bond motifs is 1. The lowest BCUT2D eigenvalue weighted by Crippen LogP contribution is -2.29. The fraction of sp³-hybridized carbons (Fsp3) is 0.500. The van der Waals surface area contributed by atoms with E-state index in [1.165, 1.54) is 44.5 Å². The summed E-state index contributed by atoms with van der Waals surface area (Å²) in [4.78, 5) is 2.56. The third-order valence-electron chi connectivity index (χ3n) is 3.19. The van der Waals surface area contributed by atoms with Crippen molar-refractivity contribution in [2.45, 2.75) is 25.7 Å². The molecule has 68 valence electrons. The van der Waals surface area contributed by atoms with Crippen LogP contribution < -0.4 is 4.90 Å². The van der Waals surface area contributed by atoms with Gasteiger partial charge in [-0.15, -0.1) is 0 Å². The van der Waals surface area contributed by atoms with Gasteiger partial charge < -0.3 is 4.90 Å². The monoisotopic (exact) mass is 173 g/mol. The van der Waals surface area contributed by atoms with Gasteiger partial charge in [-0.1, -0.05) is 12.1 Å². The van der Waals surface area contributed by atoms with Crippen LogP contribution in [0.3, 0.4) is 0 Å². The first-order valence-corrected chi connectivity index (χ1v) is 5.31. The van der Waals surface area contributed by atoms with Gasteiger partial charge in [0.1, 0.15) is 0 Å². The van der Waals surface area contributed by atoms with Gasteiger partial charge in [-0.2, -0.15) is 0 Å². The Kier molecular flexibility index (Phi) is 1.58. The summed E-state index contributed by atoms with van der Waals surface area (Å²) in [5.41, 5.74) is 4.71. The molecule has 0 aromatic heterocycles. The van der Waals surface area contributed by atoms with Crippen molar-refractivity contribution in [1.29, 1.82) is 0 Å². The second-order valence-electron chi connectivity index (χ2n) is 4.14. The average Bonchev–Trinajstić information content (AvgIpc) is 2.97. The van der Waals surface area contributed by atoms with E-state index in [4.69, 9.17) is 0 Å². The maximum absolute atomic E-state index is 2.56. The van der Waals surface area contributed by atoms with Crippen LogP contribution in [0.5, 0.6) is 0 Å². The molecule has 1 aromatic carbocycles. The summed E-state index contributed by atoms with van der Waals surface area (Å²) in [5.74, 6) is 0. The lowest BCUT2D eigenvalue weighted by Gasteiger charge is -2.28. The number of benzene rings is 1. The summed E-state index contributed by atoms with van der Waals surface area (Å²) in [5, 5.41) is 0. The third-order valence-corrected chi connectivity index (χ3v) is 3.19. The van der Waals surface area contributed by atoms with E-state index < -0.39 is 0 Å². The highest BCUT2D eigenvalue weighted by Gasteiger charge is 2.23. The number of nitrogens with zero attached hydrogens (tertiary/aromatic N) is 1. The molecule has 0 atom stereocenters. The standard InChI is InChI=1S/C12H15N/c1-2-7-13(8-3-1)12-6-4-5-10-9-11(10)12/h4-6H,1-3,7-9H2. The first kappa shape index (κ1) is 7.43. The lowest BCUT2D eigenvalue weighted by atomic mass is 10.1. The molecule has 0 N–H and O–H groups in total. The molecule has 1 heteroatoms. The fourth-order valence-corrected chi connectivity index (χ4v) is 2.35. The highest BCUT2D eigenvalue weighted by Crippen LogP contribution is 2.37. The zero-order chi connectivity index (χ0) is 8.67. The molecule has 3 rings (SSSR count). The summed E-state index contributed by atoms with van der Waals surface area (Å²) in [6.07, 6.45) is 5.43. The quantitative estimate of drug-likeness (QED) is 0.640. The van der Waals surface area contributed by atoms with E-state index >= 15 is 0 Å². The van der Waals surface area contributed by atoms with Crippen molar-refractivity contribution in [2.75, 3.05) is 18.0 Å². The first-order chi connectivity index (χ1) is 6.45. The van der Waals surface area contributed by atoms with Gasteiger partial charge in [0.05, 0.1) is 0 Å². The Balaban J connectivity index is 1.88. The van der Waals surface area contributed by atoms with Crippen LogP contribution in [0.15, 0.2) is 18.2 Å². The van der Waals surface area contributed by atoms with Gasteiger partial charge in [-0.05, 0) is 36.5 Å². The smallest absolute Gasteiger partial charge is 0.0405 e. The molecular formula is C12H15N. The highest BCUT2D eigenvalue weighted by molar-refractivity contribution is 5.66. The minimum Gasteiger partial charge on any atom is -0.371 e. The SMILES string of the molecule is c1cc2c(c(N3CCCCC3)c1)C2. The van der Waals surface area contributed by atoms with Gasteiger partial charge in [-0.25, -0.2) is 0 Å². The number of piperidine rings is 1. The van der Waals surface area contributed by atoms with Gasteiger partial charge in [0.15, 0.2) is 0 Å². The Bertz CT molecular complexity index is 324. The summed E-state index contributed by atoms with van der Waals surface area (Å²) < 4.78 is 0. The van der Waals surface area contributed by atoms with Crippen LogP contribution in [0.1, 0.15) is 30.4 Å². The van der Waals surface area contributed by atoms with Crippen molar-refractivity contribution in [3.05, 3.63) is 29.3 Å². The molecule has 1 heterocycles. The van der Waals surface area contributed by atoms with Crippen LogP contribution in [0.4, 0.5) is 5.69 Å². The lowest BCUT2D eigenvalue weighted by molar-refractivity contribution is 0.577. The molecule has 1 aliphatic carbocycles. The van der Waals surface area contributed by atoms with E-state index in [0.717, 1.165) is 0 Å². The summed E-state index contributed by atoms with van der Waals surface area (Å²) in [6.45, 7) is 2.55. The second kappa shape index (κ2) is 2.76. The van der Waals surface area contributed by atoms with Crippen molar-refractivity contribution in [3.63, 3.8) is 0 Å². The third kappa shape index (κ3) is 1.23. The first-order valence-electron chi connectivity index (χ1n) is 5.31. The average molecular weight is 173 g/mol. The van der Waals surface area contributed by atoms with Crippen molar-refractivity contribution in [1.82, 2.24) is 0 Å². The summed E-state index contributed by atoms with van der Waals surface area (Å²) >= 11 is 0. The van der Waals surface area contributed by atoms with E-state index in [-0.39, 0.29) is 0 Å². The van der Waals surface area contributed by atoms with Crippen molar-refractivity contribution >= 4 is 5.69 Å². The molecule has 0 amide bonds. The van der Waals surface area contributed by atoms with Gasteiger partial charge >= 0.3 is 0 Å². The minimum absolute atomic E-state index is 1.25. The zero-order valence-corrected chi connectivity index (χ0v) is 7.92. The Morgan fingerprint density at radius 1 is 1.00 bits per heavy atom. The molecule has 1 saturated heterocycles. The molecular weight excluding hydrogens is 158 g/mol. The molecule has 0 unspecified atom stereocenters. The number of hydrogen-bond donors (Lipinski definition) is 0. The fourth-order valence-electron chi connectivity index (χ4n) is 2.35. The van der Waals surface area contributed by atoms with Crippen molar-refractivity contribution < 1.29 is 0 Å². The predicted octanol–water partition coefficient (Wildman–Crippen LogP) is 2.58. The van der Waals surface area contributed by atoms with E-state index in [9.17, 15) is 0 Å². The topological polar surface area (TPSA) is 3.24 Å². The Morgan fingerprint density at radius 3 is 2.69 bits per heavy atom.